The highest BCUT2D eigenvalue weighted by Crippen LogP contribution is 2.18. The lowest BCUT2D eigenvalue weighted by atomic mass is 10.2. The molecule has 3 N–H and O–H groups in total. The third-order valence-electron chi connectivity index (χ3n) is 5.94. The number of carboxylic acids is 2. The average Bonchev–Trinajstić information content (AvgIpc) is 2.99. The molecular formula is C29H40N4O9. The molecule has 0 aliphatic heterocycles. The van der Waals surface area contributed by atoms with Gasteiger partial charge in [0, 0.05) is 32.7 Å². The molecule has 0 unspecified atom stereocenters. The fourth-order valence-corrected chi connectivity index (χ4v) is 3.80. The van der Waals surface area contributed by atoms with E-state index in [1.807, 2.05) is 11.8 Å². The summed E-state index contributed by atoms with van der Waals surface area (Å²) < 4.78 is 22.1. The van der Waals surface area contributed by atoms with E-state index in [-0.39, 0.29) is 37.0 Å². The first-order valence-corrected chi connectivity index (χ1v) is 13.6. The number of likely N-dealkylation sites (N-methyl/N-ethyl adjacent to an activating group) is 1. The molecule has 2 heterocycles. The lowest BCUT2D eigenvalue weighted by Gasteiger charge is -2.22. The number of nitrogens with zero attached hydrogens (tertiary/aromatic N) is 4. The van der Waals surface area contributed by atoms with Crippen LogP contribution in [0.3, 0.4) is 0 Å². The van der Waals surface area contributed by atoms with Gasteiger partial charge in [0.1, 0.15) is 12.3 Å². The van der Waals surface area contributed by atoms with Gasteiger partial charge in [-0.15, -0.1) is 6.42 Å². The first-order chi connectivity index (χ1) is 20.4. The van der Waals surface area contributed by atoms with E-state index in [1.54, 1.807) is 24.3 Å². The Kier molecular flexibility index (Phi) is 16.7. The van der Waals surface area contributed by atoms with Crippen molar-refractivity contribution in [1.29, 1.82) is 0 Å². The zero-order chi connectivity index (χ0) is 30.6. The van der Waals surface area contributed by atoms with Crippen LogP contribution in [-0.2, 0) is 27.3 Å². The number of rotatable bonds is 23. The smallest absolute Gasteiger partial charge is 0.358 e. The Morgan fingerprint density at radius 3 is 2.05 bits per heavy atom. The molecule has 230 valence electrons. The first kappa shape index (κ1) is 34.6. The highest BCUT2D eigenvalue weighted by Gasteiger charge is 2.16. The van der Waals surface area contributed by atoms with Gasteiger partial charge in [-0.25, -0.2) is 19.6 Å². The molecule has 0 fully saturated rings. The molecule has 0 amide bonds. The molecule has 0 aliphatic rings. The Bertz CT molecular complexity index is 1140. The second kappa shape index (κ2) is 20.3. The predicted octanol–water partition coefficient (Wildman–Crippen LogP) is 1.25. The van der Waals surface area contributed by atoms with Crippen LogP contribution in [0.4, 0.5) is 0 Å². The highest BCUT2D eigenvalue weighted by molar-refractivity contribution is 5.88. The summed E-state index contributed by atoms with van der Waals surface area (Å²) in [6.45, 7) is 7.56. The van der Waals surface area contributed by atoms with Crippen molar-refractivity contribution in [2.24, 2.45) is 0 Å². The maximum absolute atomic E-state index is 11.6. The zero-order valence-corrected chi connectivity index (χ0v) is 23.9. The van der Waals surface area contributed by atoms with Crippen LogP contribution in [0.5, 0.6) is 5.75 Å². The van der Waals surface area contributed by atoms with E-state index in [2.05, 4.69) is 20.8 Å². The van der Waals surface area contributed by atoms with E-state index < -0.39 is 11.9 Å². The number of hydrogen-bond acceptors (Lipinski definition) is 11. The summed E-state index contributed by atoms with van der Waals surface area (Å²) in [6, 6.07) is 8.19. The SMILES string of the molecule is C#CCOc1ccc(CN(CCOCCO)CCOCCOCCN(CC)Cc2cccc(C(=O)O)n2)nc1C(=O)O. The molecule has 42 heavy (non-hydrogen) atoms. The average molecular weight is 589 g/mol. The number of aromatic nitrogens is 2. The standard InChI is InChI=1S/C29H40N4O9/c1-3-14-42-26-9-8-24(31-27(26)29(37)38)22-33(11-16-39-18-13-34)12-17-41-20-19-40-15-10-32(4-2)21-23-6-5-7-25(30-23)28(35)36/h1,5-9,34H,4,10-22H2,2H3,(H,35,36)(H,37,38). The molecule has 2 aromatic rings. The molecule has 0 spiro atoms. The fraction of sp³-hybridized carbons (Fsp3) is 0.517. The van der Waals surface area contributed by atoms with Crippen molar-refractivity contribution >= 4 is 11.9 Å². The van der Waals surface area contributed by atoms with Crippen LogP contribution in [0.25, 0.3) is 0 Å². The minimum absolute atomic E-state index is 0.0260. The maximum Gasteiger partial charge on any atom is 0.358 e. The number of hydrogen-bond donors (Lipinski definition) is 3. The van der Waals surface area contributed by atoms with Gasteiger partial charge in [-0.3, -0.25) is 9.80 Å². The Morgan fingerprint density at radius 2 is 1.45 bits per heavy atom. The van der Waals surface area contributed by atoms with E-state index in [1.165, 1.54) is 6.07 Å². The third kappa shape index (κ3) is 13.3. The topological polar surface area (TPSA) is 164 Å². The van der Waals surface area contributed by atoms with E-state index >= 15 is 0 Å². The molecule has 0 saturated heterocycles. The summed E-state index contributed by atoms with van der Waals surface area (Å²) in [6.07, 6.45) is 5.20. The Morgan fingerprint density at radius 1 is 0.833 bits per heavy atom. The molecular weight excluding hydrogens is 548 g/mol. The summed E-state index contributed by atoms with van der Waals surface area (Å²) in [5, 5.41) is 27.6. The summed E-state index contributed by atoms with van der Waals surface area (Å²) >= 11 is 0. The number of aliphatic hydroxyl groups is 1. The lowest BCUT2D eigenvalue weighted by molar-refractivity contribution is 0.0242. The summed E-state index contributed by atoms with van der Waals surface area (Å²) in [5.41, 5.74) is 1.04. The monoisotopic (exact) mass is 588 g/mol. The van der Waals surface area contributed by atoms with Gasteiger partial charge < -0.3 is 34.3 Å². The van der Waals surface area contributed by atoms with Gasteiger partial charge in [0.05, 0.1) is 57.6 Å². The van der Waals surface area contributed by atoms with Gasteiger partial charge in [0.25, 0.3) is 0 Å². The summed E-state index contributed by atoms with van der Waals surface area (Å²) in [7, 11) is 0. The van der Waals surface area contributed by atoms with Crippen LogP contribution in [0, 0.1) is 12.3 Å². The highest BCUT2D eigenvalue weighted by atomic mass is 16.5. The second-order valence-corrected chi connectivity index (χ2v) is 8.97. The van der Waals surface area contributed by atoms with Crippen LogP contribution in [-0.4, -0.2) is 126 Å². The van der Waals surface area contributed by atoms with Gasteiger partial charge >= 0.3 is 11.9 Å². The van der Waals surface area contributed by atoms with Gasteiger partial charge in [0.15, 0.2) is 11.4 Å². The number of aromatic carboxylic acids is 2. The molecule has 13 nitrogen and oxygen atoms in total. The summed E-state index contributed by atoms with van der Waals surface area (Å²) in [5.74, 6) is 0.148. The molecule has 13 heteroatoms. The fourth-order valence-electron chi connectivity index (χ4n) is 3.80. The Balaban J connectivity index is 1.76. The Hall–Kier alpha value is -3.64. The Labute approximate surface area is 246 Å². The molecule has 0 radical (unpaired) electrons. The maximum atomic E-state index is 11.6. The van der Waals surface area contributed by atoms with E-state index in [0.717, 1.165) is 6.54 Å². The third-order valence-corrected chi connectivity index (χ3v) is 5.94. The number of ether oxygens (including phenoxy) is 4. The van der Waals surface area contributed by atoms with Crippen LogP contribution >= 0.6 is 0 Å². The van der Waals surface area contributed by atoms with Crippen molar-refractivity contribution < 1.29 is 43.9 Å². The van der Waals surface area contributed by atoms with Crippen molar-refractivity contribution in [2.45, 2.75) is 20.0 Å². The number of carbonyl (C=O) groups is 2. The van der Waals surface area contributed by atoms with E-state index in [0.29, 0.717) is 77.1 Å². The predicted molar refractivity (Wildman–Crippen MR) is 152 cm³/mol. The molecule has 0 bridgehead atoms. The van der Waals surface area contributed by atoms with Gasteiger partial charge in [-0.05, 0) is 30.8 Å². The van der Waals surface area contributed by atoms with E-state index in [9.17, 15) is 14.7 Å². The van der Waals surface area contributed by atoms with E-state index in [4.69, 9.17) is 35.6 Å². The van der Waals surface area contributed by atoms with Crippen molar-refractivity contribution in [1.82, 2.24) is 19.8 Å². The number of terminal acetylenes is 1. The second-order valence-electron chi connectivity index (χ2n) is 8.97. The minimum Gasteiger partial charge on any atom is -0.478 e. The lowest BCUT2D eigenvalue weighted by Crippen LogP contribution is -2.32. The van der Waals surface area contributed by atoms with Crippen molar-refractivity contribution in [2.75, 3.05) is 79.0 Å². The van der Waals surface area contributed by atoms with Crippen molar-refractivity contribution in [3.05, 3.63) is 53.1 Å². The van der Waals surface area contributed by atoms with Gasteiger partial charge in [-0.2, -0.15) is 0 Å². The molecule has 2 aromatic heterocycles. The number of aliphatic hydroxyl groups excluding tert-OH is 1. The largest absolute Gasteiger partial charge is 0.478 e. The van der Waals surface area contributed by atoms with Crippen LogP contribution in [0.2, 0.25) is 0 Å². The minimum atomic E-state index is -1.21. The normalized spacial score (nSPS) is 11.1. The van der Waals surface area contributed by atoms with Gasteiger partial charge in [0.2, 0.25) is 0 Å². The number of pyridine rings is 2. The van der Waals surface area contributed by atoms with Crippen LogP contribution in [0.15, 0.2) is 30.3 Å². The zero-order valence-electron chi connectivity index (χ0n) is 23.9. The van der Waals surface area contributed by atoms with Crippen molar-refractivity contribution in [3.8, 4) is 18.1 Å². The first-order valence-electron chi connectivity index (χ1n) is 13.6. The molecule has 0 atom stereocenters. The molecule has 0 aliphatic carbocycles. The van der Waals surface area contributed by atoms with Gasteiger partial charge in [-0.1, -0.05) is 18.9 Å². The molecule has 0 saturated carbocycles. The summed E-state index contributed by atoms with van der Waals surface area (Å²) in [4.78, 5) is 35.3. The number of carboxylic acid groups (broad SMARTS) is 2. The quantitative estimate of drug-likeness (QED) is 0.126. The van der Waals surface area contributed by atoms with Crippen LogP contribution < -0.4 is 4.74 Å². The molecule has 0 aromatic carbocycles. The van der Waals surface area contributed by atoms with Crippen molar-refractivity contribution in [3.63, 3.8) is 0 Å². The van der Waals surface area contributed by atoms with Crippen LogP contribution in [0.1, 0.15) is 39.3 Å². The molecule has 2 rings (SSSR count).